The van der Waals surface area contributed by atoms with Gasteiger partial charge in [-0.05, 0) is 6.42 Å². The first kappa shape index (κ1) is 23.9. The number of hydrogen-bond donors (Lipinski definition) is 3. The summed E-state index contributed by atoms with van der Waals surface area (Å²) >= 11 is 0. The van der Waals surface area contributed by atoms with Crippen LogP contribution in [-0.4, -0.2) is 22.7 Å². The molecule has 3 nitrogen and oxygen atoms in total. The predicted octanol–water partition coefficient (Wildman–Crippen LogP) is 5.89. The third-order valence-corrected chi connectivity index (χ3v) is 4.93. The van der Waals surface area contributed by atoms with Crippen LogP contribution in [0, 0.1) is 0 Å². The summed E-state index contributed by atoms with van der Waals surface area (Å²) in [7, 11) is 0. The molecular formula is C21H45NO2. The maximum atomic E-state index is 9.39. The second kappa shape index (κ2) is 17.7. The Morgan fingerprint density at radius 1 is 0.542 bits per heavy atom. The summed E-state index contributed by atoms with van der Waals surface area (Å²) in [5.74, 6) is -1.67. The van der Waals surface area contributed by atoms with Crippen LogP contribution in [0.25, 0.3) is 0 Å². The standard InChI is InChI=1S/C21H45NO2/c1-3-5-6-7-8-9-10-11-12-13-14-15-16-17-18-19-20-22-21(23,24)4-2/h22-24H,3-20H2,1-2H3. The van der Waals surface area contributed by atoms with E-state index >= 15 is 0 Å². The van der Waals surface area contributed by atoms with Gasteiger partial charge in [0.2, 0.25) is 5.91 Å². The Morgan fingerprint density at radius 3 is 1.21 bits per heavy atom. The molecule has 0 aliphatic rings. The monoisotopic (exact) mass is 343 g/mol. The van der Waals surface area contributed by atoms with Crippen molar-refractivity contribution in [3.05, 3.63) is 0 Å². The summed E-state index contributed by atoms with van der Waals surface area (Å²) in [5.41, 5.74) is 0. The zero-order chi connectivity index (χ0) is 17.9. The molecule has 3 N–H and O–H groups in total. The summed E-state index contributed by atoms with van der Waals surface area (Å²) in [6, 6.07) is 0. The Balaban J connectivity index is 3.05. The molecule has 0 amide bonds. The predicted molar refractivity (Wildman–Crippen MR) is 105 cm³/mol. The SMILES string of the molecule is CCCCCCCCCCCCCCCCCCNC(O)(O)CC. The lowest BCUT2D eigenvalue weighted by Gasteiger charge is -2.20. The first-order valence-corrected chi connectivity index (χ1v) is 10.8. The van der Waals surface area contributed by atoms with Gasteiger partial charge in [-0.3, -0.25) is 5.32 Å². The highest BCUT2D eigenvalue weighted by Gasteiger charge is 2.17. The van der Waals surface area contributed by atoms with E-state index in [1.165, 1.54) is 96.3 Å². The highest BCUT2D eigenvalue weighted by Crippen LogP contribution is 2.13. The average Bonchev–Trinajstić information content (AvgIpc) is 2.57. The summed E-state index contributed by atoms with van der Waals surface area (Å²) in [5, 5.41) is 21.6. The zero-order valence-corrected chi connectivity index (χ0v) is 16.6. The minimum atomic E-state index is -1.67. The number of nitrogens with one attached hydrogen (secondary N) is 1. The fourth-order valence-electron chi connectivity index (χ4n) is 3.09. The second-order valence-corrected chi connectivity index (χ2v) is 7.40. The van der Waals surface area contributed by atoms with Crippen LogP contribution in [0.15, 0.2) is 0 Å². The van der Waals surface area contributed by atoms with Gasteiger partial charge in [0, 0.05) is 13.0 Å². The fraction of sp³-hybridized carbons (Fsp3) is 1.00. The summed E-state index contributed by atoms with van der Waals surface area (Å²) in [6.45, 7) is 4.74. The fourth-order valence-corrected chi connectivity index (χ4v) is 3.09. The molecule has 146 valence electrons. The van der Waals surface area contributed by atoms with Crippen molar-refractivity contribution in [1.29, 1.82) is 0 Å². The number of unbranched alkanes of at least 4 members (excludes halogenated alkanes) is 15. The van der Waals surface area contributed by atoms with Gasteiger partial charge < -0.3 is 10.2 Å². The van der Waals surface area contributed by atoms with Crippen molar-refractivity contribution in [3.8, 4) is 0 Å². The van der Waals surface area contributed by atoms with E-state index in [1.54, 1.807) is 6.92 Å². The Morgan fingerprint density at radius 2 is 0.875 bits per heavy atom. The summed E-state index contributed by atoms with van der Waals surface area (Å²) in [4.78, 5) is 0. The zero-order valence-electron chi connectivity index (χ0n) is 16.6. The van der Waals surface area contributed by atoms with Crippen molar-refractivity contribution in [2.24, 2.45) is 0 Å². The molecule has 0 aliphatic heterocycles. The lowest BCUT2D eigenvalue weighted by molar-refractivity contribution is -0.186. The van der Waals surface area contributed by atoms with Gasteiger partial charge in [0.05, 0.1) is 0 Å². The summed E-state index contributed by atoms with van der Waals surface area (Å²) in [6.07, 6.45) is 22.1. The smallest absolute Gasteiger partial charge is 0.222 e. The van der Waals surface area contributed by atoms with E-state index in [0.717, 1.165) is 6.42 Å². The molecule has 24 heavy (non-hydrogen) atoms. The van der Waals surface area contributed by atoms with Gasteiger partial charge in [-0.2, -0.15) is 0 Å². The van der Waals surface area contributed by atoms with Crippen LogP contribution in [0.2, 0.25) is 0 Å². The van der Waals surface area contributed by atoms with Gasteiger partial charge >= 0.3 is 0 Å². The highest BCUT2D eigenvalue weighted by molar-refractivity contribution is 4.59. The molecule has 0 radical (unpaired) electrons. The van der Waals surface area contributed by atoms with E-state index in [9.17, 15) is 10.2 Å². The quantitative estimate of drug-likeness (QED) is 0.202. The van der Waals surface area contributed by atoms with Crippen LogP contribution in [0.1, 0.15) is 123 Å². The minimum absolute atomic E-state index is 0.325. The van der Waals surface area contributed by atoms with Crippen molar-refractivity contribution in [3.63, 3.8) is 0 Å². The molecule has 0 unspecified atom stereocenters. The Kier molecular flexibility index (Phi) is 17.6. The molecule has 0 saturated carbocycles. The van der Waals surface area contributed by atoms with Crippen molar-refractivity contribution in [2.75, 3.05) is 6.54 Å². The maximum absolute atomic E-state index is 9.39. The molecule has 0 aromatic heterocycles. The van der Waals surface area contributed by atoms with Crippen LogP contribution in [0.4, 0.5) is 0 Å². The Labute approximate surface area is 151 Å². The van der Waals surface area contributed by atoms with Gasteiger partial charge in [-0.1, -0.05) is 110 Å². The molecule has 0 spiro atoms. The minimum Gasteiger partial charge on any atom is -0.353 e. The van der Waals surface area contributed by atoms with Crippen LogP contribution < -0.4 is 5.32 Å². The number of hydrogen-bond acceptors (Lipinski definition) is 3. The third kappa shape index (κ3) is 18.2. The van der Waals surface area contributed by atoms with E-state index in [0.29, 0.717) is 13.0 Å². The molecular weight excluding hydrogens is 298 g/mol. The van der Waals surface area contributed by atoms with Crippen molar-refractivity contribution >= 4 is 0 Å². The van der Waals surface area contributed by atoms with E-state index in [4.69, 9.17) is 0 Å². The van der Waals surface area contributed by atoms with Gasteiger partial charge in [0.15, 0.2) is 0 Å². The van der Waals surface area contributed by atoms with Gasteiger partial charge in [-0.25, -0.2) is 0 Å². The Hall–Kier alpha value is -0.120. The molecule has 3 heteroatoms. The lowest BCUT2D eigenvalue weighted by Crippen LogP contribution is -2.44. The molecule has 0 rings (SSSR count). The van der Waals surface area contributed by atoms with E-state index < -0.39 is 5.91 Å². The van der Waals surface area contributed by atoms with E-state index in [2.05, 4.69) is 12.2 Å². The van der Waals surface area contributed by atoms with Crippen LogP contribution in [0.3, 0.4) is 0 Å². The highest BCUT2D eigenvalue weighted by atomic mass is 16.5. The molecule has 0 aromatic carbocycles. The molecule has 0 heterocycles. The normalized spacial score (nSPS) is 12.0. The Bertz CT molecular complexity index is 244. The third-order valence-electron chi connectivity index (χ3n) is 4.93. The molecule has 0 bridgehead atoms. The summed E-state index contributed by atoms with van der Waals surface area (Å²) < 4.78 is 0. The first-order valence-electron chi connectivity index (χ1n) is 10.8. The largest absolute Gasteiger partial charge is 0.353 e. The number of rotatable bonds is 19. The molecule has 0 fully saturated rings. The molecule has 0 aromatic rings. The van der Waals surface area contributed by atoms with Crippen LogP contribution in [0.5, 0.6) is 0 Å². The van der Waals surface area contributed by atoms with Gasteiger partial charge in [-0.15, -0.1) is 0 Å². The molecule has 0 atom stereocenters. The van der Waals surface area contributed by atoms with E-state index in [1.807, 2.05) is 0 Å². The maximum Gasteiger partial charge on any atom is 0.222 e. The van der Waals surface area contributed by atoms with Crippen molar-refractivity contribution in [1.82, 2.24) is 5.32 Å². The van der Waals surface area contributed by atoms with Gasteiger partial charge in [0.1, 0.15) is 0 Å². The molecule has 0 saturated heterocycles. The lowest BCUT2D eigenvalue weighted by atomic mass is 10.0. The van der Waals surface area contributed by atoms with E-state index in [-0.39, 0.29) is 0 Å². The second-order valence-electron chi connectivity index (χ2n) is 7.40. The number of aliphatic hydroxyl groups is 2. The van der Waals surface area contributed by atoms with Crippen molar-refractivity contribution in [2.45, 2.75) is 129 Å². The van der Waals surface area contributed by atoms with Gasteiger partial charge in [0.25, 0.3) is 0 Å². The first-order chi connectivity index (χ1) is 11.6. The molecule has 0 aliphatic carbocycles. The van der Waals surface area contributed by atoms with Crippen LogP contribution in [-0.2, 0) is 0 Å². The van der Waals surface area contributed by atoms with Crippen molar-refractivity contribution < 1.29 is 10.2 Å². The average molecular weight is 344 g/mol. The topological polar surface area (TPSA) is 52.5 Å². The van der Waals surface area contributed by atoms with Crippen LogP contribution >= 0.6 is 0 Å².